The standard InChI is InChI=1S/C11H16N2O2S2/c1-15-11(14)9(7-12)10(17-16)13-8-5-3-2-4-6-8/h8-9,16H,2-6H2,1H3. The highest BCUT2D eigenvalue weighted by Gasteiger charge is 2.26. The quantitative estimate of drug-likeness (QED) is 0.282. The Morgan fingerprint density at radius 1 is 1.53 bits per heavy atom. The summed E-state index contributed by atoms with van der Waals surface area (Å²) in [6.45, 7) is 0. The predicted octanol–water partition coefficient (Wildman–Crippen LogP) is 2.61. The zero-order chi connectivity index (χ0) is 12.7. The molecule has 1 fully saturated rings. The molecule has 0 radical (unpaired) electrons. The predicted molar refractivity (Wildman–Crippen MR) is 72.0 cm³/mol. The molecule has 6 heteroatoms. The third-order valence-corrected chi connectivity index (χ3v) is 3.88. The van der Waals surface area contributed by atoms with Crippen molar-refractivity contribution in [2.45, 2.75) is 38.1 Å². The van der Waals surface area contributed by atoms with E-state index in [-0.39, 0.29) is 6.04 Å². The Balaban J connectivity index is 2.77. The molecule has 1 atom stereocenters. The van der Waals surface area contributed by atoms with Crippen molar-refractivity contribution in [3.8, 4) is 6.07 Å². The fourth-order valence-electron chi connectivity index (χ4n) is 1.87. The van der Waals surface area contributed by atoms with E-state index in [1.807, 2.05) is 6.07 Å². The van der Waals surface area contributed by atoms with E-state index >= 15 is 0 Å². The van der Waals surface area contributed by atoms with Crippen LogP contribution in [0, 0.1) is 17.2 Å². The van der Waals surface area contributed by atoms with Gasteiger partial charge in [-0.25, -0.2) is 0 Å². The summed E-state index contributed by atoms with van der Waals surface area (Å²) in [5.41, 5.74) is 0. The monoisotopic (exact) mass is 272 g/mol. The number of methoxy groups -OCH3 is 1. The number of thiol groups is 1. The van der Waals surface area contributed by atoms with Gasteiger partial charge in [0.05, 0.1) is 19.2 Å². The van der Waals surface area contributed by atoms with Crippen molar-refractivity contribution in [3.05, 3.63) is 0 Å². The molecular weight excluding hydrogens is 256 g/mol. The maximum atomic E-state index is 11.4. The number of ether oxygens (including phenoxy) is 1. The maximum absolute atomic E-state index is 11.4. The van der Waals surface area contributed by atoms with Crippen molar-refractivity contribution >= 4 is 33.5 Å². The number of hydrogen-bond acceptors (Lipinski definition) is 6. The molecule has 0 N–H and O–H groups in total. The van der Waals surface area contributed by atoms with E-state index in [4.69, 9.17) is 5.26 Å². The summed E-state index contributed by atoms with van der Waals surface area (Å²) in [7, 11) is 2.33. The number of carbonyl (C=O) groups is 1. The van der Waals surface area contributed by atoms with Crippen molar-refractivity contribution in [1.82, 2.24) is 0 Å². The highest BCUT2D eigenvalue weighted by atomic mass is 33.1. The Labute approximate surface area is 111 Å². The van der Waals surface area contributed by atoms with Gasteiger partial charge in [0.2, 0.25) is 0 Å². The van der Waals surface area contributed by atoms with Crippen molar-refractivity contribution in [3.63, 3.8) is 0 Å². The zero-order valence-electron chi connectivity index (χ0n) is 9.76. The van der Waals surface area contributed by atoms with E-state index in [2.05, 4.69) is 21.4 Å². The van der Waals surface area contributed by atoms with Gasteiger partial charge in [-0.3, -0.25) is 9.79 Å². The van der Waals surface area contributed by atoms with Gasteiger partial charge in [0.1, 0.15) is 5.04 Å². The minimum atomic E-state index is -0.940. The molecule has 94 valence electrons. The average molecular weight is 272 g/mol. The largest absolute Gasteiger partial charge is 0.468 e. The molecule has 1 aliphatic rings. The van der Waals surface area contributed by atoms with Crippen molar-refractivity contribution in [1.29, 1.82) is 5.26 Å². The van der Waals surface area contributed by atoms with E-state index in [1.54, 1.807) is 0 Å². The first-order valence-corrected chi connectivity index (χ1v) is 7.46. The minimum Gasteiger partial charge on any atom is -0.468 e. The van der Waals surface area contributed by atoms with Crippen LogP contribution in [0.25, 0.3) is 0 Å². The molecule has 4 nitrogen and oxygen atoms in total. The molecule has 0 aromatic carbocycles. The molecule has 0 aromatic heterocycles. The van der Waals surface area contributed by atoms with Crippen LogP contribution in [0.1, 0.15) is 32.1 Å². The van der Waals surface area contributed by atoms with E-state index < -0.39 is 11.9 Å². The lowest BCUT2D eigenvalue weighted by molar-refractivity contribution is -0.141. The van der Waals surface area contributed by atoms with Gasteiger partial charge >= 0.3 is 5.97 Å². The maximum Gasteiger partial charge on any atom is 0.329 e. The first-order chi connectivity index (χ1) is 8.22. The fourth-order valence-corrected chi connectivity index (χ4v) is 2.78. The van der Waals surface area contributed by atoms with Gasteiger partial charge < -0.3 is 4.74 Å². The molecule has 0 bridgehead atoms. The van der Waals surface area contributed by atoms with Crippen molar-refractivity contribution < 1.29 is 9.53 Å². The molecule has 0 amide bonds. The van der Waals surface area contributed by atoms with Crippen LogP contribution in [0.2, 0.25) is 0 Å². The molecule has 1 unspecified atom stereocenters. The Morgan fingerprint density at radius 3 is 2.65 bits per heavy atom. The van der Waals surface area contributed by atoms with Crippen LogP contribution < -0.4 is 0 Å². The van der Waals surface area contributed by atoms with Gasteiger partial charge in [-0.05, 0) is 23.6 Å². The van der Waals surface area contributed by atoms with Gasteiger partial charge in [0.15, 0.2) is 5.92 Å². The Hall–Kier alpha value is -0.670. The number of nitrogens with zero attached hydrogens (tertiary/aromatic N) is 2. The van der Waals surface area contributed by atoms with Crippen molar-refractivity contribution in [2.24, 2.45) is 10.9 Å². The van der Waals surface area contributed by atoms with Crippen LogP contribution in [0.5, 0.6) is 0 Å². The molecule has 0 spiro atoms. The van der Waals surface area contributed by atoms with Crippen LogP contribution >= 0.6 is 22.5 Å². The lowest BCUT2D eigenvalue weighted by Gasteiger charge is -2.19. The second-order valence-corrected chi connectivity index (χ2v) is 5.08. The summed E-state index contributed by atoms with van der Waals surface area (Å²) >= 11 is 4.07. The van der Waals surface area contributed by atoms with Crippen LogP contribution in [0.4, 0.5) is 0 Å². The molecule has 0 aliphatic heterocycles. The number of esters is 1. The number of aliphatic imine (C=N–C) groups is 1. The molecule has 0 heterocycles. The first kappa shape index (κ1) is 14.4. The van der Waals surface area contributed by atoms with Gasteiger partial charge in [-0.2, -0.15) is 5.26 Å². The number of nitriles is 1. The molecule has 1 saturated carbocycles. The SMILES string of the molecule is COC(=O)C(C#N)C(=NC1CCCCC1)SS. The summed E-state index contributed by atoms with van der Waals surface area (Å²) in [6.07, 6.45) is 5.62. The fraction of sp³-hybridized carbons (Fsp3) is 0.727. The Morgan fingerprint density at radius 2 is 2.18 bits per heavy atom. The second kappa shape index (κ2) is 7.62. The number of carbonyl (C=O) groups excluding carboxylic acids is 1. The van der Waals surface area contributed by atoms with Crippen LogP contribution in [0.15, 0.2) is 4.99 Å². The average Bonchev–Trinajstić information content (AvgIpc) is 2.39. The first-order valence-electron chi connectivity index (χ1n) is 5.59. The highest BCUT2D eigenvalue weighted by Crippen LogP contribution is 2.25. The zero-order valence-corrected chi connectivity index (χ0v) is 11.5. The normalized spacial score (nSPS) is 19.5. The molecular formula is C11H16N2O2S2. The van der Waals surface area contributed by atoms with Gasteiger partial charge in [0, 0.05) is 0 Å². The smallest absolute Gasteiger partial charge is 0.329 e. The minimum absolute atomic E-state index is 0.221. The summed E-state index contributed by atoms with van der Waals surface area (Å²) in [6, 6.07) is 2.14. The molecule has 1 aliphatic carbocycles. The topological polar surface area (TPSA) is 62.5 Å². The van der Waals surface area contributed by atoms with Crippen LogP contribution in [-0.4, -0.2) is 24.2 Å². The number of rotatable bonds is 3. The molecule has 1 rings (SSSR count). The summed E-state index contributed by atoms with van der Waals surface area (Å²) < 4.78 is 4.59. The van der Waals surface area contributed by atoms with Gasteiger partial charge in [-0.15, -0.1) is 11.7 Å². The van der Waals surface area contributed by atoms with E-state index in [0.717, 1.165) is 36.5 Å². The molecule has 0 aromatic rings. The molecule has 17 heavy (non-hydrogen) atoms. The van der Waals surface area contributed by atoms with Crippen LogP contribution in [0.3, 0.4) is 0 Å². The third kappa shape index (κ3) is 4.25. The lowest BCUT2D eigenvalue weighted by Crippen LogP contribution is -2.23. The summed E-state index contributed by atoms with van der Waals surface area (Å²) in [5.74, 6) is -1.51. The number of hydrogen-bond donors (Lipinski definition) is 1. The van der Waals surface area contributed by atoms with Crippen molar-refractivity contribution in [2.75, 3.05) is 7.11 Å². The Bertz CT molecular complexity index is 333. The molecule has 0 saturated heterocycles. The summed E-state index contributed by atoms with van der Waals surface area (Å²) in [4.78, 5) is 15.9. The van der Waals surface area contributed by atoms with E-state index in [9.17, 15) is 4.79 Å². The third-order valence-electron chi connectivity index (χ3n) is 2.79. The summed E-state index contributed by atoms with van der Waals surface area (Å²) in [5, 5.41) is 9.43. The second-order valence-electron chi connectivity index (χ2n) is 3.94. The van der Waals surface area contributed by atoms with Gasteiger partial charge in [0.25, 0.3) is 0 Å². The lowest BCUT2D eigenvalue weighted by atomic mass is 9.96. The van der Waals surface area contributed by atoms with E-state index in [1.165, 1.54) is 13.5 Å². The highest BCUT2D eigenvalue weighted by molar-refractivity contribution is 8.75. The van der Waals surface area contributed by atoms with Crippen LogP contribution in [-0.2, 0) is 9.53 Å². The Kier molecular flexibility index (Phi) is 6.45. The van der Waals surface area contributed by atoms with Gasteiger partial charge in [-0.1, -0.05) is 19.3 Å². The van der Waals surface area contributed by atoms with E-state index in [0.29, 0.717) is 5.04 Å².